The Kier molecular flexibility index (Phi) is 7.72. The van der Waals surface area contributed by atoms with Crippen molar-refractivity contribution in [2.75, 3.05) is 65.4 Å². The largest absolute Gasteiger partial charge is 0.493 e. The predicted molar refractivity (Wildman–Crippen MR) is 126 cm³/mol. The monoisotopic (exact) mass is 425 g/mol. The van der Waals surface area contributed by atoms with E-state index in [0.717, 1.165) is 42.3 Å². The van der Waals surface area contributed by atoms with Crippen molar-refractivity contribution in [1.82, 2.24) is 9.88 Å². The molecular weight excluding hydrogens is 394 g/mol. The molecule has 0 unspecified atom stereocenters. The maximum Gasteiger partial charge on any atom is 0.203 e. The smallest absolute Gasteiger partial charge is 0.203 e. The van der Waals surface area contributed by atoms with Crippen LogP contribution in [-0.2, 0) is 0 Å². The Balaban J connectivity index is 1.81. The van der Waals surface area contributed by atoms with E-state index in [-0.39, 0.29) is 0 Å². The summed E-state index contributed by atoms with van der Waals surface area (Å²) in [5.74, 6) is 2.63. The number of benzene rings is 1. The Morgan fingerprint density at radius 2 is 1.81 bits per heavy atom. The summed E-state index contributed by atoms with van der Waals surface area (Å²) in [5, 5.41) is 3.37. The molecule has 3 rings (SSSR count). The summed E-state index contributed by atoms with van der Waals surface area (Å²) < 4.78 is 16.5. The number of aromatic nitrogens is 1. The van der Waals surface area contributed by atoms with Gasteiger partial charge in [0.15, 0.2) is 11.5 Å². The topological polar surface area (TPSA) is 71.5 Å². The fourth-order valence-corrected chi connectivity index (χ4v) is 3.38. The quantitative estimate of drug-likeness (QED) is 0.585. The molecule has 31 heavy (non-hydrogen) atoms. The van der Waals surface area contributed by atoms with Crippen LogP contribution in [0.2, 0.25) is 0 Å². The zero-order valence-electron chi connectivity index (χ0n) is 18.9. The SMILES string of the molecule is COc1cc(N2CN=CC=C2c2ccc(NCCCN(C)C)nc2)cc(OC)c1OC. The van der Waals surface area contributed by atoms with Gasteiger partial charge in [0, 0.05) is 36.7 Å². The maximum absolute atomic E-state index is 5.52. The number of allylic oxidation sites excluding steroid dienone is 1. The average molecular weight is 426 g/mol. The third-order valence-electron chi connectivity index (χ3n) is 4.96. The van der Waals surface area contributed by atoms with Crippen LogP contribution in [0, 0.1) is 0 Å². The summed E-state index contributed by atoms with van der Waals surface area (Å²) in [6.45, 7) is 2.41. The summed E-state index contributed by atoms with van der Waals surface area (Å²) in [6.07, 6.45) is 6.74. The summed E-state index contributed by atoms with van der Waals surface area (Å²) in [5.41, 5.74) is 2.89. The van der Waals surface area contributed by atoms with Gasteiger partial charge < -0.3 is 29.3 Å². The van der Waals surface area contributed by atoms with E-state index in [1.807, 2.05) is 36.7 Å². The van der Waals surface area contributed by atoms with Gasteiger partial charge in [-0.25, -0.2) is 4.98 Å². The number of hydrogen-bond donors (Lipinski definition) is 1. The molecule has 0 amide bonds. The first-order chi connectivity index (χ1) is 15.1. The Morgan fingerprint density at radius 1 is 1.06 bits per heavy atom. The summed E-state index contributed by atoms with van der Waals surface area (Å²) in [4.78, 5) is 13.3. The van der Waals surface area contributed by atoms with E-state index in [1.165, 1.54) is 0 Å². The molecule has 1 aliphatic heterocycles. The Morgan fingerprint density at radius 3 is 2.39 bits per heavy atom. The van der Waals surface area contributed by atoms with Crippen molar-refractivity contribution in [2.24, 2.45) is 4.99 Å². The van der Waals surface area contributed by atoms with Crippen LogP contribution in [0.15, 0.2) is 41.5 Å². The van der Waals surface area contributed by atoms with E-state index in [4.69, 9.17) is 14.2 Å². The number of ether oxygens (including phenoxy) is 3. The van der Waals surface area contributed by atoms with Gasteiger partial charge in [0.25, 0.3) is 0 Å². The third-order valence-corrected chi connectivity index (χ3v) is 4.96. The van der Waals surface area contributed by atoms with E-state index < -0.39 is 0 Å². The molecule has 166 valence electrons. The first kappa shape index (κ1) is 22.4. The molecule has 2 aromatic rings. The minimum absolute atomic E-state index is 0.481. The molecule has 1 aromatic carbocycles. The highest BCUT2D eigenvalue weighted by Crippen LogP contribution is 2.42. The molecule has 1 aromatic heterocycles. The van der Waals surface area contributed by atoms with Crippen molar-refractivity contribution < 1.29 is 14.2 Å². The molecule has 2 heterocycles. The zero-order chi connectivity index (χ0) is 22.2. The molecular formula is C23H31N5O3. The molecule has 0 fully saturated rings. The van der Waals surface area contributed by atoms with Crippen LogP contribution in [0.4, 0.5) is 11.5 Å². The number of anilines is 2. The summed E-state index contributed by atoms with van der Waals surface area (Å²) in [7, 11) is 8.97. The van der Waals surface area contributed by atoms with Crippen molar-refractivity contribution in [3.05, 3.63) is 42.1 Å². The second kappa shape index (κ2) is 10.7. The first-order valence-corrected chi connectivity index (χ1v) is 10.2. The molecule has 0 aliphatic carbocycles. The molecule has 0 bridgehead atoms. The van der Waals surface area contributed by atoms with Gasteiger partial charge in [-0.1, -0.05) is 0 Å². The summed E-state index contributed by atoms with van der Waals surface area (Å²) in [6, 6.07) is 7.91. The summed E-state index contributed by atoms with van der Waals surface area (Å²) >= 11 is 0. The van der Waals surface area contributed by atoms with Gasteiger partial charge in [-0.15, -0.1) is 0 Å². The lowest BCUT2D eigenvalue weighted by Gasteiger charge is -2.29. The van der Waals surface area contributed by atoms with Gasteiger partial charge >= 0.3 is 0 Å². The number of nitrogens with zero attached hydrogens (tertiary/aromatic N) is 4. The Bertz CT molecular complexity index is 900. The van der Waals surface area contributed by atoms with Gasteiger partial charge in [0.05, 0.1) is 32.7 Å². The number of aliphatic imine (C=N–C) groups is 1. The molecule has 1 aliphatic rings. The van der Waals surface area contributed by atoms with E-state index in [0.29, 0.717) is 23.9 Å². The fraction of sp³-hybridized carbons (Fsp3) is 0.391. The van der Waals surface area contributed by atoms with Crippen LogP contribution < -0.4 is 24.4 Å². The lowest BCUT2D eigenvalue weighted by molar-refractivity contribution is 0.324. The Labute approximate surface area is 184 Å². The minimum atomic E-state index is 0.481. The molecule has 1 N–H and O–H groups in total. The number of pyridine rings is 1. The number of hydrogen-bond acceptors (Lipinski definition) is 8. The van der Waals surface area contributed by atoms with Crippen molar-refractivity contribution >= 4 is 23.4 Å². The van der Waals surface area contributed by atoms with Crippen LogP contribution in [0.1, 0.15) is 12.0 Å². The molecule has 0 radical (unpaired) electrons. The van der Waals surface area contributed by atoms with Gasteiger partial charge in [-0.3, -0.25) is 4.99 Å². The van der Waals surface area contributed by atoms with Gasteiger partial charge in [0.2, 0.25) is 5.75 Å². The molecule has 0 saturated carbocycles. The molecule has 0 saturated heterocycles. The van der Waals surface area contributed by atoms with Crippen molar-refractivity contribution in [2.45, 2.75) is 6.42 Å². The van der Waals surface area contributed by atoms with E-state index >= 15 is 0 Å². The molecule has 0 spiro atoms. The lowest BCUT2D eigenvalue weighted by Crippen LogP contribution is -2.24. The van der Waals surface area contributed by atoms with Crippen LogP contribution in [-0.4, -0.2) is 71.3 Å². The number of nitrogens with one attached hydrogen (secondary N) is 1. The predicted octanol–water partition coefficient (Wildman–Crippen LogP) is 3.36. The highest BCUT2D eigenvalue weighted by molar-refractivity contribution is 5.93. The number of rotatable bonds is 10. The van der Waals surface area contributed by atoms with Gasteiger partial charge in [-0.2, -0.15) is 0 Å². The molecule has 0 atom stereocenters. The second-order valence-electron chi connectivity index (χ2n) is 7.35. The second-order valence-corrected chi connectivity index (χ2v) is 7.35. The normalized spacial score (nSPS) is 13.2. The van der Waals surface area contributed by atoms with Gasteiger partial charge in [-0.05, 0) is 45.3 Å². The Hall–Kier alpha value is -3.26. The van der Waals surface area contributed by atoms with Crippen LogP contribution in [0.5, 0.6) is 17.2 Å². The molecule has 8 nitrogen and oxygen atoms in total. The fourth-order valence-electron chi connectivity index (χ4n) is 3.38. The number of methoxy groups -OCH3 is 3. The van der Waals surface area contributed by atoms with Crippen molar-refractivity contribution in [3.8, 4) is 17.2 Å². The van der Waals surface area contributed by atoms with E-state index in [1.54, 1.807) is 21.3 Å². The maximum atomic E-state index is 5.52. The van der Waals surface area contributed by atoms with Crippen molar-refractivity contribution in [3.63, 3.8) is 0 Å². The van der Waals surface area contributed by atoms with Gasteiger partial charge in [0.1, 0.15) is 12.5 Å². The van der Waals surface area contributed by atoms with E-state index in [2.05, 4.69) is 45.3 Å². The van der Waals surface area contributed by atoms with Crippen LogP contribution in [0.3, 0.4) is 0 Å². The van der Waals surface area contributed by atoms with Crippen molar-refractivity contribution in [1.29, 1.82) is 0 Å². The molecule has 8 heteroatoms. The van der Waals surface area contributed by atoms with Crippen LogP contribution >= 0.6 is 0 Å². The highest BCUT2D eigenvalue weighted by atomic mass is 16.5. The minimum Gasteiger partial charge on any atom is -0.493 e. The first-order valence-electron chi connectivity index (χ1n) is 10.2. The van der Waals surface area contributed by atoms with E-state index in [9.17, 15) is 0 Å². The van der Waals surface area contributed by atoms with Crippen LogP contribution in [0.25, 0.3) is 5.70 Å². The zero-order valence-corrected chi connectivity index (χ0v) is 18.9. The highest BCUT2D eigenvalue weighted by Gasteiger charge is 2.21. The average Bonchev–Trinajstić information content (AvgIpc) is 2.81. The standard InChI is InChI=1S/C23H31N5O3/c1-27(2)12-6-10-25-22-8-7-17(15-26-22)19-9-11-24-16-28(19)18-13-20(29-3)23(31-5)21(14-18)30-4/h7-9,11,13-15H,6,10,12,16H2,1-5H3,(H,25,26). The third kappa shape index (κ3) is 5.46. The lowest BCUT2D eigenvalue weighted by atomic mass is 10.1.